The Bertz CT molecular complexity index is 1880. The van der Waals surface area contributed by atoms with Gasteiger partial charge in [0.2, 0.25) is 0 Å². The first-order valence-electron chi connectivity index (χ1n) is 11.9. The number of ether oxygens (including phenoxy) is 2. The zero-order valence-electron chi connectivity index (χ0n) is 21.4. The van der Waals surface area contributed by atoms with Crippen molar-refractivity contribution in [3.63, 3.8) is 0 Å². The third-order valence-electron chi connectivity index (χ3n) is 6.32. The van der Waals surface area contributed by atoms with Gasteiger partial charge in [0.15, 0.2) is 4.80 Å². The van der Waals surface area contributed by atoms with Gasteiger partial charge in [0.25, 0.3) is 11.2 Å². The lowest BCUT2D eigenvalue weighted by Gasteiger charge is -2.24. The number of fused-ring (bicyclic) bond motifs is 1. The number of carbonyl (C=O) groups excluding carboxylic acids is 2. The predicted molar refractivity (Wildman–Crippen MR) is 144 cm³/mol. The lowest BCUT2D eigenvalue weighted by Crippen LogP contribution is -2.39. The number of nitro benzene ring substituents is 1. The number of nitrogens with zero attached hydrogens (tertiary/aromatic N) is 3. The zero-order valence-corrected chi connectivity index (χ0v) is 22.3. The van der Waals surface area contributed by atoms with Crippen LogP contribution in [0.1, 0.15) is 34.6 Å². The quantitative estimate of drug-likeness (QED) is 0.199. The topological polar surface area (TPSA) is 143 Å². The summed E-state index contributed by atoms with van der Waals surface area (Å²) in [6.45, 7) is 1.66. The molecule has 0 amide bonds. The lowest BCUT2D eigenvalue weighted by molar-refractivity contribution is -0.384. The molecule has 202 valence electrons. The largest absolute Gasteiger partial charge is 0.466 e. The van der Waals surface area contributed by atoms with Gasteiger partial charge >= 0.3 is 11.9 Å². The molecule has 1 aliphatic rings. The molecule has 0 aliphatic carbocycles. The summed E-state index contributed by atoms with van der Waals surface area (Å²) in [5.41, 5.74) is 1.51. The Morgan fingerprint density at radius 2 is 1.80 bits per heavy atom. The fourth-order valence-electron chi connectivity index (χ4n) is 4.41. The van der Waals surface area contributed by atoms with Crippen molar-refractivity contribution in [3.8, 4) is 11.3 Å². The van der Waals surface area contributed by atoms with E-state index in [9.17, 15) is 24.5 Å². The summed E-state index contributed by atoms with van der Waals surface area (Å²) in [6.07, 6.45) is 1.55. The first-order chi connectivity index (χ1) is 19.2. The van der Waals surface area contributed by atoms with E-state index in [1.54, 1.807) is 61.5 Å². The molecular weight excluding hydrogens is 538 g/mol. The van der Waals surface area contributed by atoms with Gasteiger partial charge in [-0.05, 0) is 36.8 Å². The second-order valence-electron chi connectivity index (χ2n) is 8.70. The molecule has 0 fully saturated rings. The summed E-state index contributed by atoms with van der Waals surface area (Å²) in [5, 5.41) is 11.1. The van der Waals surface area contributed by atoms with Gasteiger partial charge in [0.1, 0.15) is 11.5 Å². The van der Waals surface area contributed by atoms with E-state index in [1.165, 1.54) is 30.9 Å². The Kier molecular flexibility index (Phi) is 7.01. The van der Waals surface area contributed by atoms with Gasteiger partial charge < -0.3 is 13.9 Å². The van der Waals surface area contributed by atoms with Gasteiger partial charge in [-0.2, -0.15) is 0 Å². The number of methoxy groups -OCH3 is 2. The van der Waals surface area contributed by atoms with Crippen LogP contribution in [-0.4, -0.2) is 35.6 Å². The molecule has 0 bridgehead atoms. The van der Waals surface area contributed by atoms with Crippen molar-refractivity contribution >= 4 is 35.0 Å². The van der Waals surface area contributed by atoms with Gasteiger partial charge in [-0.15, -0.1) is 0 Å². The van der Waals surface area contributed by atoms with Crippen molar-refractivity contribution in [1.82, 2.24) is 4.57 Å². The Morgan fingerprint density at radius 1 is 1.07 bits per heavy atom. The minimum atomic E-state index is -0.852. The van der Waals surface area contributed by atoms with Crippen LogP contribution >= 0.6 is 11.3 Å². The molecule has 0 saturated carbocycles. The third kappa shape index (κ3) is 4.76. The van der Waals surface area contributed by atoms with Crippen molar-refractivity contribution in [2.45, 2.75) is 13.0 Å². The number of allylic oxidation sites excluding steroid dienone is 1. The maximum Gasteiger partial charge on any atom is 0.338 e. The van der Waals surface area contributed by atoms with E-state index in [0.717, 1.165) is 11.3 Å². The summed E-state index contributed by atoms with van der Waals surface area (Å²) in [6, 6.07) is 14.9. The molecule has 2 aromatic carbocycles. The van der Waals surface area contributed by atoms with Crippen LogP contribution in [-0.2, 0) is 14.3 Å². The minimum absolute atomic E-state index is 0.0693. The maximum atomic E-state index is 13.7. The molecule has 11 nitrogen and oxygen atoms in total. The smallest absolute Gasteiger partial charge is 0.338 e. The number of hydrogen-bond donors (Lipinski definition) is 0. The highest BCUT2D eigenvalue weighted by Crippen LogP contribution is 2.31. The highest BCUT2D eigenvalue weighted by molar-refractivity contribution is 7.07. The number of benzene rings is 2. The lowest BCUT2D eigenvalue weighted by atomic mass is 9.95. The standard InChI is InChI=1S/C28H21N3O8S/c1-15-23(27(34)38-3)24(16-7-9-17(10-8-16)26(33)37-2)30-25(32)22(40-28(30)29-15)14-20-11-12-21(39-20)18-5-4-6-19(13-18)31(35)36/h4-14,24H,1-3H3. The first kappa shape index (κ1) is 26.5. The highest BCUT2D eigenvalue weighted by atomic mass is 32.1. The summed E-state index contributed by atoms with van der Waals surface area (Å²) in [5.74, 6) is -0.395. The molecule has 5 rings (SSSR count). The molecule has 1 aliphatic heterocycles. The number of rotatable bonds is 6. The van der Waals surface area contributed by atoms with Crippen molar-refractivity contribution in [2.75, 3.05) is 14.2 Å². The van der Waals surface area contributed by atoms with E-state index in [1.807, 2.05) is 0 Å². The van der Waals surface area contributed by atoms with E-state index >= 15 is 0 Å². The summed E-state index contributed by atoms with van der Waals surface area (Å²) in [7, 11) is 2.53. The van der Waals surface area contributed by atoms with Crippen molar-refractivity contribution < 1.29 is 28.4 Å². The molecule has 0 N–H and O–H groups in total. The number of thiazole rings is 1. The second kappa shape index (κ2) is 10.6. The number of esters is 2. The zero-order chi connectivity index (χ0) is 28.6. The molecule has 12 heteroatoms. The van der Waals surface area contributed by atoms with Gasteiger partial charge in [-0.25, -0.2) is 14.6 Å². The van der Waals surface area contributed by atoms with E-state index in [4.69, 9.17) is 13.9 Å². The van der Waals surface area contributed by atoms with Crippen LogP contribution in [0, 0.1) is 10.1 Å². The monoisotopic (exact) mass is 559 g/mol. The van der Waals surface area contributed by atoms with Crippen LogP contribution in [0.2, 0.25) is 0 Å². The molecule has 0 spiro atoms. The maximum absolute atomic E-state index is 13.7. The molecule has 3 heterocycles. The van der Waals surface area contributed by atoms with Gasteiger partial charge in [-0.1, -0.05) is 35.6 Å². The molecule has 4 aromatic rings. The molecule has 2 aromatic heterocycles. The molecule has 1 atom stereocenters. The minimum Gasteiger partial charge on any atom is -0.466 e. The molecular formula is C28H21N3O8S. The van der Waals surface area contributed by atoms with Crippen molar-refractivity contribution in [1.29, 1.82) is 0 Å². The third-order valence-corrected chi connectivity index (χ3v) is 7.30. The Balaban J connectivity index is 1.61. The summed E-state index contributed by atoms with van der Waals surface area (Å²) < 4.78 is 17.4. The van der Waals surface area contributed by atoms with Gasteiger partial charge in [0.05, 0.1) is 46.6 Å². The fraction of sp³-hybridized carbons (Fsp3) is 0.143. The number of furan rings is 1. The SMILES string of the molecule is COC(=O)C1=C(C)N=c2sc(=Cc3ccc(-c4cccc([N+](=O)[O-])c4)o3)c(=O)n2C1c1ccc(C(=O)OC)cc1. The van der Waals surface area contributed by atoms with Crippen LogP contribution in [0.15, 0.2) is 86.1 Å². The number of aromatic nitrogens is 1. The Hall–Kier alpha value is -5.10. The van der Waals surface area contributed by atoms with Crippen molar-refractivity contribution in [3.05, 3.63) is 119 Å². The second-order valence-corrected chi connectivity index (χ2v) is 9.71. The number of non-ortho nitro benzene ring substituents is 1. The van der Waals surface area contributed by atoms with E-state index in [-0.39, 0.29) is 11.3 Å². The van der Waals surface area contributed by atoms with Gasteiger partial charge in [-0.3, -0.25) is 19.5 Å². The molecule has 40 heavy (non-hydrogen) atoms. The number of hydrogen-bond acceptors (Lipinski definition) is 10. The van der Waals surface area contributed by atoms with E-state index in [0.29, 0.717) is 43.2 Å². The van der Waals surface area contributed by atoms with Crippen LogP contribution in [0.5, 0.6) is 0 Å². The van der Waals surface area contributed by atoms with E-state index in [2.05, 4.69) is 4.99 Å². The summed E-state index contributed by atoms with van der Waals surface area (Å²) >= 11 is 1.12. The average molecular weight is 560 g/mol. The predicted octanol–water partition coefficient (Wildman–Crippen LogP) is 3.36. The van der Waals surface area contributed by atoms with E-state index < -0.39 is 28.5 Å². The van der Waals surface area contributed by atoms with Crippen LogP contribution in [0.3, 0.4) is 0 Å². The van der Waals surface area contributed by atoms with Crippen LogP contribution in [0.4, 0.5) is 5.69 Å². The van der Waals surface area contributed by atoms with Crippen LogP contribution < -0.4 is 14.9 Å². The molecule has 0 radical (unpaired) electrons. The summed E-state index contributed by atoms with van der Waals surface area (Å²) in [4.78, 5) is 54.0. The van der Waals surface area contributed by atoms with Crippen molar-refractivity contribution in [2.24, 2.45) is 4.99 Å². The Morgan fingerprint density at radius 3 is 2.48 bits per heavy atom. The van der Waals surface area contributed by atoms with Crippen LogP contribution in [0.25, 0.3) is 17.4 Å². The fourth-order valence-corrected chi connectivity index (χ4v) is 5.44. The molecule has 1 unspecified atom stereocenters. The first-order valence-corrected chi connectivity index (χ1v) is 12.7. The average Bonchev–Trinajstić information content (AvgIpc) is 3.55. The number of nitro groups is 1. The van der Waals surface area contributed by atoms with Gasteiger partial charge in [0, 0.05) is 23.8 Å². The molecule has 0 saturated heterocycles. The number of carbonyl (C=O) groups is 2. The normalized spacial score (nSPS) is 14.9. The highest BCUT2D eigenvalue weighted by Gasteiger charge is 2.33. The Labute approximate surface area is 230 Å².